The summed E-state index contributed by atoms with van der Waals surface area (Å²) in [6.07, 6.45) is 3.06. The third kappa shape index (κ3) is 6.62. The zero-order valence-corrected chi connectivity index (χ0v) is 27.8. The van der Waals surface area contributed by atoms with Gasteiger partial charge in [0.05, 0.1) is 35.6 Å². The summed E-state index contributed by atoms with van der Waals surface area (Å²) in [5.41, 5.74) is 2.92. The fraction of sp³-hybridized carbons (Fsp3) is 0.250. The molecule has 0 aliphatic carbocycles. The van der Waals surface area contributed by atoms with Crippen LogP contribution in [-0.2, 0) is 16.6 Å². The summed E-state index contributed by atoms with van der Waals surface area (Å²) >= 11 is 13.8. The minimum Gasteiger partial charge on any atom is -0.495 e. The Morgan fingerprint density at radius 2 is 1.80 bits per heavy atom. The van der Waals surface area contributed by atoms with Gasteiger partial charge in [0.1, 0.15) is 15.5 Å². The fourth-order valence-electron chi connectivity index (χ4n) is 5.47. The van der Waals surface area contributed by atoms with Gasteiger partial charge in [0.15, 0.2) is 0 Å². The first-order valence-corrected chi connectivity index (χ1v) is 17.5. The first-order valence-electron chi connectivity index (χ1n) is 14.4. The van der Waals surface area contributed by atoms with Gasteiger partial charge in [0, 0.05) is 34.2 Å². The zero-order valence-electron chi connectivity index (χ0n) is 24.6. The summed E-state index contributed by atoms with van der Waals surface area (Å²) in [4.78, 5) is 17.0. The minimum absolute atomic E-state index is 0.0794. The number of para-hydroxylation sites is 2. The quantitative estimate of drug-likeness (QED) is 0.164. The van der Waals surface area contributed by atoms with E-state index in [1.54, 1.807) is 54.6 Å². The van der Waals surface area contributed by atoms with Crippen LogP contribution in [0, 0.1) is 6.92 Å². The van der Waals surface area contributed by atoms with Crippen LogP contribution in [0.1, 0.15) is 40.2 Å². The Bertz CT molecular complexity index is 2000. The number of methoxy groups -OCH3 is 1. The van der Waals surface area contributed by atoms with Crippen molar-refractivity contribution in [1.82, 2.24) is 9.78 Å². The van der Waals surface area contributed by atoms with Crippen LogP contribution in [0.5, 0.6) is 5.75 Å². The van der Waals surface area contributed by atoms with Gasteiger partial charge in [-0.2, -0.15) is 5.10 Å². The highest BCUT2D eigenvalue weighted by Gasteiger charge is 2.26. The number of benzene rings is 3. The minimum atomic E-state index is -4.06. The highest BCUT2D eigenvalue weighted by atomic mass is 35.5. The lowest BCUT2D eigenvalue weighted by atomic mass is 10.1. The number of thiophene rings is 1. The summed E-state index contributed by atoms with van der Waals surface area (Å²) in [5, 5.41) is 9.51. The predicted octanol–water partition coefficient (Wildman–Crippen LogP) is 7.81. The van der Waals surface area contributed by atoms with Crippen molar-refractivity contribution >= 4 is 77.7 Å². The van der Waals surface area contributed by atoms with Gasteiger partial charge in [-0.15, -0.1) is 11.3 Å². The van der Waals surface area contributed by atoms with Gasteiger partial charge in [0.2, 0.25) is 0 Å². The molecule has 0 saturated carbocycles. The molecule has 6 rings (SSSR count). The second-order valence-electron chi connectivity index (χ2n) is 10.8. The number of hydrogen-bond donors (Lipinski definition) is 2. The highest BCUT2D eigenvalue weighted by Crippen LogP contribution is 2.35. The van der Waals surface area contributed by atoms with Crippen molar-refractivity contribution in [3.05, 3.63) is 92.9 Å². The average molecular weight is 685 g/mol. The number of aromatic nitrogens is 2. The van der Waals surface area contributed by atoms with Crippen molar-refractivity contribution in [2.24, 2.45) is 0 Å². The molecule has 5 aromatic rings. The van der Waals surface area contributed by atoms with Crippen LogP contribution in [0.25, 0.3) is 10.2 Å². The standard InChI is InChI=1S/C32H31Cl2N5O4S2/c1-20-24-18-29(44-32(24)39(36-20)19-21-10-11-22(33)16-25(21)34)31(40)35-23-12-13-27(38-14-6-3-7-15-38)30(17-23)45(41,42)37-26-8-4-5-9-28(26)43-2/h4-5,8-13,16-18,37H,3,6-7,14-15,19H2,1-2H3,(H,35,40). The van der Waals surface area contributed by atoms with Crippen LogP contribution in [0.3, 0.4) is 0 Å². The van der Waals surface area contributed by atoms with E-state index < -0.39 is 10.0 Å². The van der Waals surface area contributed by atoms with E-state index in [2.05, 4.69) is 20.0 Å². The number of ether oxygens (including phenoxy) is 1. The SMILES string of the molecule is COc1ccccc1NS(=O)(=O)c1cc(NC(=O)c2cc3c(C)nn(Cc4ccc(Cl)cc4Cl)c3s2)ccc1N1CCCCC1. The number of rotatable bonds is 9. The molecule has 0 radical (unpaired) electrons. The van der Waals surface area contributed by atoms with E-state index in [1.807, 2.05) is 17.7 Å². The molecule has 45 heavy (non-hydrogen) atoms. The molecule has 0 unspecified atom stereocenters. The Morgan fingerprint density at radius 1 is 1.02 bits per heavy atom. The van der Waals surface area contributed by atoms with Crippen molar-refractivity contribution in [1.29, 1.82) is 0 Å². The Morgan fingerprint density at radius 3 is 2.56 bits per heavy atom. The lowest BCUT2D eigenvalue weighted by Crippen LogP contribution is -2.31. The molecule has 9 nitrogen and oxygen atoms in total. The number of aryl methyl sites for hydroxylation is 1. The van der Waals surface area contributed by atoms with Crippen molar-refractivity contribution in [2.45, 2.75) is 37.6 Å². The van der Waals surface area contributed by atoms with E-state index in [9.17, 15) is 13.2 Å². The monoisotopic (exact) mass is 683 g/mol. The second-order valence-corrected chi connectivity index (χ2v) is 14.3. The van der Waals surface area contributed by atoms with E-state index in [1.165, 1.54) is 24.5 Å². The third-order valence-corrected chi connectivity index (χ3v) is 10.9. The number of nitrogens with zero attached hydrogens (tertiary/aromatic N) is 3. The number of anilines is 3. The van der Waals surface area contributed by atoms with Gasteiger partial charge >= 0.3 is 0 Å². The summed E-state index contributed by atoms with van der Waals surface area (Å²) in [6, 6.07) is 19.0. The van der Waals surface area contributed by atoms with Crippen molar-refractivity contribution in [3.8, 4) is 5.75 Å². The maximum atomic E-state index is 13.9. The molecule has 1 aliphatic rings. The Kier molecular flexibility index (Phi) is 8.96. The fourth-order valence-corrected chi connectivity index (χ4v) is 8.31. The van der Waals surface area contributed by atoms with Gasteiger partial charge in [0.25, 0.3) is 15.9 Å². The molecule has 3 aromatic carbocycles. The second kappa shape index (κ2) is 12.9. The summed E-state index contributed by atoms with van der Waals surface area (Å²) in [5.74, 6) is 0.0560. The van der Waals surface area contributed by atoms with E-state index >= 15 is 0 Å². The van der Waals surface area contributed by atoms with E-state index in [-0.39, 0.29) is 10.8 Å². The number of fused-ring (bicyclic) bond motifs is 1. The summed E-state index contributed by atoms with van der Waals surface area (Å²) in [7, 11) is -2.57. The molecular formula is C32H31Cl2N5O4S2. The lowest BCUT2D eigenvalue weighted by Gasteiger charge is -2.30. The molecule has 234 valence electrons. The number of amides is 1. The molecular weight excluding hydrogens is 653 g/mol. The van der Waals surface area contributed by atoms with Crippen LogP contribution in [-0.4, -0.2) is 44.3 Å². The molecule has 2 aromatic heterocycles. The zero-order chi connectivity index (χ0) is 31.7. The van der Waals surface area contributed by atoms with Crippen LogP contribution in [0.4, 0.5) is 17.1 Å². The number of hydrogen-bond acceptors (Lipinski definition) is 7. The van der Waals surface area contributed by atoms with Crippen LogP contribution < -0.4 is 19.7 Å². The number of carbonyl (C=O) groups is 1. The number of nitrogens with one attached hydrogen (secondary N) is 2. The molecule has 1 aliphatic heterocycles. The first-order chi connectivity index (χ1) is 21.6. The normalized spacial score (nSPS) is 13.6. The van der Waals surface area contributed by atoms with Gasteiger partial charge in [-0.3, -0.25) is 14.2 Å². The van der Waals surface area contributed by atoms with Crippen LogP contribution in [0.15, 0.2) is 71.6 Å². The van der Waals surface area contributed by atoms with Crippen LogP contribution >= 0.6 is 34.5 Å². The summed E-state index contributed by atoms with van der Waals surface area (Å²) in [6.45, 7) is 3.81. The van der Waals surface area contributed by atoms with Crippen molar-refractivity contribution < 1.29 is 17.9 Å². The molecule has 0 spiro atoms. The smallest absolute Gasteiger partial charge is 0.265 e. The van der Waals surface area contributed by atoms with E-state index in [4.69, 9.17) is 27.9 Å². The number of sulfonamides is 1. The average Bonchev–Trinajstić information content (AvgIpc) is 3.60. The van der Waals surface area contributed by atoms with Crippen molar-refractivity contribution in [3.63, 3.8) is 0 Å². The molecule has 1 fully saturated rings. The van der Waals surface area contributed by atoms with Crippen LogP contribution in [0.2, 0.25) is 10.0 Å². The van der Waals surface area contributed by atoms with E-state index in [0.29, 0.717) is 44.3 Å². The first kappa shape index (κ1) is 31.2. The Hall–Kier alpha value is -3.77. The maximum absolute atomic E-state index is 13.9. The largest absolute Gasteiger partial charge is 0.495 e. The van der Waals surface area contributed by atoms with Gasteiger partial charge in [-0.25, -0.2) is 8.42 Å². The summed E-state index contributed by atoms with van der Waals surface area (Å²) < 4.78 is 37.6. The topological polar surface area (TPSA) is 106 Å². The van der Waals surface area contributed by atoms with Gasteiger partial charge in [-0.1, -0.05) is 41.4 Å². The third-order valence-electron chi connectivity index (χ3n) is 7.72. The Labute approximate surface area is 275 Å². The van der Waals surface area contributed by atoms with E-state index in [0.717, 1.165) is 53.8 Å². The lowest BCUT2D eigenvalue weighted by molar-refractivity contribution is 0.103. The number of carbonyl (C=O) groups excluding carboxylic acids is 1. The number of piperidine rings is 1. The molecule has 13 heteroatoms. The molecule has 0 atom stereocenters. The van der Waals surface area contributed by atoms with Gasteiger partial charge < -0.3 is 15.0 Å². The molecule has 1 amide bonds. The highest BCUT2D eigenvalue weighted by molar-refractivity contribution is 7.93. The molecule has 3 heterocycles. The van der Waals surface area contributed by atoms with Crippen molar-refractivity contribution in [2.75, 3.05) is 35.1 Å². The maximum Gasteiger partial charge on any atom is 0.265 e. The Balaban J connectivity index is 1.30. The molecule has 2 N–H and O–H groups in total. The molecule has 0 bridgehead atoms. The number of halogens is 2. The predicted molar refractivity (Wildman–Crippen MR) is 182 cm³/mol. The molecule has 1 saturated heterocycles. The van der Waals surface area contributed by atoms with Gasteiger partial charge in [-0.05, 0) is 80.3 Å².